The molecular formula is C19H15NOS. The molecule has 3 rings (SSSR count). The minimum atomic E-state index is -0.124. The summed E-state index contributed by atoms with van der Waals surface area (Å²) >= 11 is 1.60. The Morgan fingerprint density at radius 1 is 0.864 bits per heavy atom. The Balaban J connectivity index is 1.65. The maximum absolute atomic E-state index is 11.9. The third-order valence-corrected chi connectivity index (χ3v) is 4.04. The lowest BCUT2D eigenvalue weighted by atomic mass is 10.1. The molecule has 1 heterocycles. The van der Waals surface area contributed by atoms with E-state index in [4.69, 9.17) is 0 Å². The van der Waals surface area contributed by atoms with E-state index in [1.165, 1.54) is 0 Å². The van der Waals surface area contributed by atoms with Crippen LogP contribution in [0.25, 0.3) is 17.2 Å². The maximum atomic E-state index is 11.9. The zero-order valence-corrected chi connectivity index (χ0v) is 12.7. The number of thiophene rings is 1. The van der Waals surface area contributed by atoms with Crippen molar-refractivity contribution in [1.82, 2.24) is 0 Å². The van der Waals surface area contributed by atoms with E-state index < -0.39 is 0 Å². The summed E-state index contributed by atoms with van der Waals surface area (Å²) in [6.07, 6.45) is 3.37. The normalized spacial score (nSPS) is 10.7. The molecule has 0 saturated carbocycles. The highest BCUT2D eigenvalue weighted by molar-refractivity contribution is 7.10. The van der Waals surface area contributed by atoms with E-state index in [1.807, 2.05) is 66.1 Å². The van der Waals surface area contributed by atoms with Crippen LogP contribution in [0.1, 0.15) is 4.88 Å². The van der Waals surface area contributed by atoms with E-state index in [2.05, 4.69) is 17.4 Å². The van der Waals surface area contributed by atoms with E-state index in [-0.39, 0.29) is 5.91 Å². The molecule has 22 heavy (non-hydrogen) atoms. The second-order valence-corrected chi connectivity index (χ2v) is 5.76. The molecule has 2 nitrogen and oxygen atoms in total. The number of carbonyl (C=O) groups is 1. The maximum Gasteiger partial charge on any atom is 0.248 e. The van der Waals surface area contributed by atoms with Gasteiger partial charge in [0.05, 0.1) is 0 Å². The monoisotopic (exact) mass is 305 g/mol. The van der Waals surface area contributed by atoms with Gasteiger partial charge in [0.1, 0.15) is 0 Å². The number of anilines is 1. The van der Waals surface area contributed by atoms with Crippen molar-refractivity contribution >= 4 is 29.0 Å². The van der Waals surface area contributed by atoms with Crippen LogP contribution in [0.5, 0.6) is 0 Å². The minimum Gasteiger partial charge on any atom is -0.323 e. The summed E-state index contributed by atoms with van der Waals surface area (Å²) in [7, 11) is 0. The topological polar surface area (TPSA) is 29.1 Å². The fraction of sp³-hybridized carbons (Fsp3) is 0. The quantitative estimate of drug-likeness (QED) is 0.670. The average Bonchev–Trinajstić information content (AvgIpc) is 3.08. The Morgan fingerprint density at radius 3 is 2.27 bits per heavy atom. The predicted octanol–water partition coefficient (Wildman–Crippen LogP) is 5.07. The standard InChI is InChI=1S/C19H15NOS/c21-19(13-12-18-7-4-14-22-18)20-17-10-8-16(9-11-17)15-5-2-1-3-6-15/h1-14H,(H,20,21)/b13-12+. The van der Waals surface area contributed by atoms with E-state index >= 15 is 0 Å². The first-order valence-corrected chi connectivity index (χ1v) is 7.87. The van der Waals surface area contributed by atoms with Crippen LogP contribution in [-0.2, 0) is 4.79 Å². The summed E-state index contributed by atoms with van der Waals surface area (Å²) in [5.74, 6) is -0.124. The van der Waals surface area contributed by atoms with Gasteiger partial charge in [-0.3, -0.25) is 4.79 Å². The number of nitrogens with one attached hydrogen (secondary N) is 1. The molecule has 3 heteroatoms. The number of rotatable bonds is 4. The zero-order chi connectivity index (χ0) is 15.2. The fourth-order valence-electron chi connectivity index (χ4n) is 2.10. The first-order valence-electron chi connectivity index (χ1n) is 6.99. The van der Waals surface area contributed by atoms with Gasteiger partial charge < -0.3 is 5.32 Å². The first kappa shape index (κ1) is 14.3. The zero-order valence-electron chi connectivity index (χ0n) is 11.9. The summed E-state index contributed by atoms with van der Waals surface area (Å²) in [4.78, 5) is 12.9. The van der Waals surface area contributed by atoms with Crippen molar-refractivity contribution in [3.8, 4) is 11.1 Å². The van der Waals surface area contributed by atoms with E-state index in [0.29, 0.717) is 0 Å². The Labute approximate surface area is 133 Å². The molecule has 0 unspecified atom stereocenters. The van der Waals surface area contributed by atoms with Gasteiger partial charge in [-0.25, -0.2) is 0 Å². The fourth-order valence-corrected chi connectivity index (χ4v) is 2.72. The molecule has 0 atom stereocenters. The molecule has 0 bridgehead atoms. The lowest BCUT2D eigenvalue weighted by Crippen LogP contribution is -2.07. The highest BCUT2D eigenvalue weighted by Crippen LogP contribution is 2.21. The van der Waals surface area contributed by atoms with Gasteiger partial charge in [0, 0.05) is 16.6 Å². The number of hydrogen-bond donors (Lipinski definition) is 1. The molecule has 1 aromatic heterocycles. The van der Waals surface area contributed by atoms with Gasteiger partial charge in [-0.2, -0.15) is 0 Å². The van der Waals surface area contributed by atoms with Crippen molar-refractivity contribution in [2.24, 2.45) is 0 Å². The second-order valence-electron chi connectivity index (χ2n) is 4.78. The highest BCUT2D eigenvalue weighted by Gasteiger charge is 2.00. The molecule has 1 N–H and O–H groups in total. The Hall–Kier alpha value is -2.65. The molecule has 0 fully saturated rings. The molecule has 0 aliphatic rings. The van der Waals surface area contributed by atoms with Crippen LogP contribution in [0.3, 0.4) is 0 Å². The Morgan fingerprint density at radius 2 is 1.59 bits per heavy atom. The van der Waals surface area contributed by atoms with Crippen LogP contribution < -0.4 is 5.32 Å². The highest BCUT2D eigenvalue weighted by atomic mass is 32.1. The number of hydrogen-bond acceptors (Lipinski definition) is 2. The van der Waals surface area contributed by atoms with Crippen molar-refractivity contribution in [3.63, 3.8) is 0 Å². The summed E-state index contributed by atoms with van der Waals surface area (Å²) in [5.41, 5.74) is 3.09. The van der Waals surface area contributed by atoms with Gasteiger partial charge in [0.2, 0.25) is 5.91 Å². The van der Waals surface area contributed by atoms with Gasteiger partial charge in [-0.05, 0) is 40.8 Å². The number of benzene rings is 2. The van der Waals surface area contributed by atoms with Crippen molar-refractivity contribution in [1.29, 1.82) is 0 Å². The molecule has 2 aromatic carbocycles. The van der Waals surface area contributed by atoms with Crippen LogP contribution in [-0.4, -0.2) is 5.91 Å². The molecular weight excluding hydrogens is 290 g/mol. The molecule has 0 radical (unpaired) electrons. The lowest BCUT2D eigenvalue weighted by molar-refractivity contribution is -0.111. The molecule has 0 spiro atoms. The van der Waals surface area contributed by atoms with E-state index in [1.54, 1.807) is 17.4 Å². The predicted molar refractivity (Wildman–Crippen MR) is 93.9 cm³/mol. The van der Waals surface area contributed by atoms with Gasteiger partial charge in [0.15, 0.2) is 0 Å². The summed E-state index contributed by atoms with van der Waals surface area (Å²) < 4.78 is 0. The van der Waals surface area contributed by atoms with E-state index in [0.717, 1.165) is 21.7 Å². The van der Waals surface area contributed by atoms with Gasteiger partial charge >= 0.3 is 0 Å². The SMILES string of the molecule is O=C(/C=C/c1cccs1)Nc1ccc(-c2ccccc2)cc1. The lowest BCUT2D eigenvalue weighted by Gasteiger charge is -2.05. The third-order valence-electron chi connectivity index (χ3n) is 3.20. The largest absolute Gasteiger partial charge is 0.323 e. The Kier molecular flexibility index (Phi) is 4.47. The molecule has 0 saturated heterocycles. The summed E-state index contributed by atoms with van der Waals surface area (Å²) in [5, 5.41) is 4.85. The van der Waals surface area contributed by atoms with Crippen molar-refractivity contribution in [2.45, 2.75) is 0 Å². The smallest absolute Gasteiger partial charge is 0.248 e. The van der Waals surface area contributed by atoms with Gasteiger partial charge in [-0.15, -0.1) is 11.3 Å². The van der Waals surface area contributed by atoms with Gasteiger partial charge in [0.25, 0.3) is 0 Å². The number of amides is 1. The van der Waals surface area contributed by atoms with Crippen LogP contribution in [0.15, 0.2) is 78.2 Å². The molecule has 3 aromatic rings. The Bertz CT molecular complexity index is 759. The van der Waals surface area contributed by atoms with E-state index in [9.17, 15) is 4.79 Å². The van der Waals surface area contributed by atoms with Crippen molar-refractivity contribution in [3.05, 3.63) is 83.1 Å². The molecule has 0 aliphatic heterocycles. The van der Waals surface area contributed by atoms with Crippen LogP contribution >= 0.6 is 11.3 Å². The summed E-state index contributed by atoms with van der Waals surface area (Å²) in [6, 6.07) is 21.9. The minimum absolute atomic E-state index is 0.124. The van der Waals surface area contributed by atoms with Gasteiger partial charge in [-0.1, -0.05) is 48.5 Å². The van der Waals surface area contributed by atoms with Crippen LogP contribution in [0.2, 0.25) is 0 Å². The third kappa shape index (κ3) is 3.71. The van der Waals surface area contributed by atoms with Crippen LogP contribution in [0, 0.1) is 0 Å². The first-order chi connectivity index (χ1) is 10.8. The molecule has 1 amide bonds. The molecule has 0 aliphatic carbocycles. The van der Waals surface area contributed by atoms with Crippen molar-refractivity contribution < 1.29 is 4.79 Å². The molecule has 108 valence electrons. The van der Waals surface area contributed by atoms with Crippen LogP contribution in [0.4, 0.5) is 5.69 Å². The summed E-state index contributed by atoms with van der Waals surface area (Å²) in [6.45, 7) is 0. The number of carbonyl (C=O) groups excluding carboxylic acids is 1. The second kappa shape index (κ2) is 6.87. The van der Waals surface area contributed by atoms with Crippen molar-refractivity contribution in [2.75, 3.05) is 5.32 Å². The average molecular weight is 305 g/mol.